The molecule has 0 aliphatic heterocycles. The Morgan fingerprint density at radius 1 is 0.302 bits per heavy atom. The third-order valence-corrected chi connectivity index (χ3v) is 10.1. The fourth-order valence-electron chi connectivity index (χ4n) is 7.52. The average molecular weight is 677 g/mol. The standard InChI is InChI=1S/C50H32N2O/c1-4-15-33(16-5-1)39-23-10-11-24-40(39)37-27-28-48-44(30-37)45-31-43(41-25-12-13-26-42(41)49(45)53-48)36-21-14-22-38(29-36)47-32-46(34-17-6-2-7-18-34)51-50(52-47)35-19-8-3-9-20-35/h1-32H. The lowest BCUT2D eigenvalue weighted by Gasteiger charge is -2.12. The van der Waals surface area contributed by atoms with E-state index in [1.807, 2.05) is 36.4 Å². The number of hydrogen-bond donors (Lipinski definition) is 0. The van der Waals surface area contributed by atoms with Gasteiger partial charge in [-0.15, -0.1) is 0 Å². The molecule has 0 aliphatic carbocycles. The molecule has 0 N–H and O–H groups in total. The van der Waals surface area contributed by atoms with Gasteiger partial charge in [-0.05, 0) is 69.1 Å². The predicted octanol–water partition coefficient (Wildman–Crippen LogP) is 13.5. The van der Waals surface area contributed by atoms with Crippen LogP contribution in [0.15, 0.2) is 199 Å². The van der Waals surface area contributed by atoms with E-state index in [1.165, 1.54) is 16.7 Å². The van der Waals surface area contributed by atoms with Crippen molar-refractivity contribution < 1.29 is 4.42 Å². The Kier molecular flexibility index (Phi) is 7.47. The zero-order valence-corrected chi connectivity index (χ0v) is 28.8. The number of hydrogen-bond acceptors (Lipinski definition) is 3. The van der Waals surface area contributed by atoms with Crippen molar-refractivity contribution >= 4 is 32.7 Å². The second-order valence-electron chi connectivity index (χ2n) is 13.3. The first-order valence-corrected chi connectivity index (χ1v) is 17.9. The minimum Gasteiger partial charge on any atom is -0.455 e. The Bertz CT molecular complexity index is 2870. The molecule has 8 aromatic carbocycles. The Morgan fingerprint density at radius 3 is 1.58 bits per heavy atom. The second-order valence-corrected chi connectivity index (χ2v) is 13.3. The summed E-state index contributed by atoms with van der Waals surface area (Å²) in [5.74, 6) is 0.703. The van der Waals surface area contributed by atoms with Crippen LogP contribution in [0.5, 0.6) is 0 Å². The molecular weight excluding hydrogens is 645 g/mol. The van der Waals surface area contributed by atoms with Crippen molar-refractivity contribution in [3.05, 3.63) is 194 Å². The maximum absolute atomic E-state index is 6.65. The molecule has 0 fully saturated rings. The van der Waals surface area contributed by atoms with Crippen molar-refractivity contribution in [3.63, 3.8) is 0 Å². The van der Waals surface area contributed by atoms with Crippen LogP contribution in [0.4, 0.5) is 0 Å². The first-order chi connectivity index (χ1) is 26.3. The molecular formula is C50H32N2O. The third-order valence-electron chi connectivity index (χ3n) is 10.1. The van der Waals surface area contributed by atoms with E-state index >= 15 is 0 Å². The number of nitrogens with zero attached hydrogens (tertiary/aromatic N) is 2. The summed E-state index contributed by atoms with van der Waals surface area (Å²) in [4.78, 5) is 10.1. The minimum absolute atomic E-state index is 0.703. The predicted molar refractivity (Wildman–Crippen MR) is 219 cm³/mol. The molecule has 10 rings (SSSR count). The minimum atomic E-state index is 0.703. The van der Waals surface area contributed by atoms with E-state index in [9.17, 15) is 0 Å². The summed E-state index contributed by atoms with van der Waals surface area (Å²) in [6, 6.07) is 68.0. The molecule has 3 heteroatoms. The van der Waals surface area contributed by atoms with Gasteiger partial charge in [0.1, 0.15) is 11.2 Å². The number of fused-ring (bicyclic) bond motifs is 5. The monoisotopic (exact) mass is 676 g/mol. The molecule has 0 saturated heterocycles. The van der Waals surface area contributed by atoms with Gasteiger partial charge >= 0.3 is 0 Å². The van der Waals surface area contributed by atoms with E-state index in [1.54, 1.807) is 0 Å². The van der Waals surface area contributed by atoms with Gasteiger partial charge in [0.2, 0.25) is 0 Å². The van der Waals surface area contributed by atoms with Gasteiger partial charge in [-0.3, -0.25) is 0 Å². The summed E-state index contributed by atoms with van der Waals surface area (Å²) in [6.07, 6.45) is 0. The molecule has 0 aliphatic rings. The lowest BCUT2D eigenvalue weighted by atomic mass is 9.92. The van der Waals surface area contributed by atoms with Crippen molar-refractivity contribution in [1.29, 1.82) is 0 Å². The van der Waals surface area contributed by atoms with Crippen LogP contribution < -0.4 is 0 Å². The van der Waals surface area contributed by atoms with Crippen molar-refractivity contribution in [2.24, 2.45) is 0 Å². The van der Waals surface area contributed by atoms with E-state index in [0.717, 1.165) is 77.5 Å². The quantitative estimate of drug-likeness (QED) is 0.176. The maximum atomic E-state index is 6.65. The first-order valence-electron chi connectivity index (χ1n) is 17.9. The van der Waals surface area contributed by atoms with E-state index in [2.05, 4.69) is 158 Å². The van der Waals surface area contributed by atoms with E-state index in [0.29, 0.717) is 5.82 Å². The Labute approximate surface area is 307 Å². The molecule has 248 valence electrons. The van der Waals surface area contributed by atoms with E-state index in [4.69, 9.17) is 14.4 Å². The van der Waals surface area contributed by atoms with Gasteiger partial charge in [0, 0.05) is 32.8 Å². The number of aromatic nitrogens is 2. The molecule has 0 radical (unpaired) electrons. The van der Waals surface area contributed by atoms with Gasteiger partial charge in [-0.2, -0.15) is 0 Å². The van der Waals surface area contributed by atoms with Crippen LogP contribution in [0.1, 0.15) is 0 Å². The van der Waals surface area contributed by atoms with E-state index in [-0.39, 0.29) is 0 Å². The molecule has 53 heavy (non-hydrogen) atoms. The smallest absolute Gasteiger partial charge is 0.160 e. The van der Waals surface area contributed by atoms with Crippen molar-refractivity contribution in [3.8, 4) is 67.3 Å². The van der Waals surface area contributed by atoms with Crippen LogP contribution in [0.2, 0.25) is 0 Å². The number of rotatable bonds is 6. The fraction of sp³-hybridized carbons (Fsp3) is 0. The molecule has 10 aromatic rings. The van der Waals surface area contributed by atoms with Crippen LogP contribution >= 0.6 is 0 Å². The van der Waals surface area contributed by atoms with Gasteiger partial charge in [-0.1, -0.05) is 164 Å². The fourth-order valence-corrected chi connectivity index (χ4v) is 7.52. The van der Waals surface area contributed by atoms with Gasteiger partial charge in [-0.25, -0.2) is 9.97 Å². The molecule has 0 amide bonds. The summed E-state index contributed by atoms with van der Waals surface area (Å²) in [6.45, 7) is 0. The lowest BCUT2D eigenvalue weighted by Crippen LogP contribution is -1.96. The van der Waals surface area contributed by atoms with E-state index < -0.39 is 0 Å². The highest BCUT2D eigenvalue weighted by Crippen LogP contribution is 2.42. The molecule has 0 spiro atoms. The molecule has 0 saturated carbocycles. The maximum Gasteiger partial charge on any atom is 0.160 e. The van der Waals surface area contributed by atoms with Gasteiger partial charge < -0.3 is 4.42 Å². The Hall–Kier alpha value is -7.10. The Balaban J connectivity index is 1.15. The topological polar surface area (TPSA) is 38.9 Å². The summed E-state index contributed by atoms with van der Waals surface area (Å²) in [5, 5.41) is 4.42. The van der Waals surface area contributed by atoms with Crippen molar-refractivity contribution in [2.75, 3.05) is 0 Å². The molecule has 2 heterocycles. The highest BCUT2D eigenvalue weighted by Gasteiger charge is 2.18. The summed E-state index contributed by atoms with van der Waals surface area (Å²) in [7, 11) is 0. The van der Waals surface area contributed by atoms with Gasteiger partial charge in [0.15, 0.2) is 5.82 Å². The lowest BCUT2D eigenvalue weighted by molar-refractivity contribution is 0.673. The normalized spacial score (nSPS) is 11.4. The van der Waals surface area contributed by atoms with Crippen LogP contribution in [0, 0.1) is 0 Å². The van der Waals surface area contributed by atoms with Crippen LogP contribution in [0.25, 0.3) is 100.0 Å². The number of furan rings is 1. The summed E-state index contributed by atoms with van der Waals surface area (Å²) in [5.41, 5.74) is 13.6. The molecule has 0 bridgehead atoms. The number of benzene rings is 8. The van der Waals surface area contributed by atoms with Crippen molar-refractivity contribution in [2.45, 2.75) is 0 Å². The second kappa shape index (κ2) is 12.9. The van der Waals surface area contributed by atoms with Crippen molar-refractivity contribution in [1.82, 2.24) is 9.97 Å². The SMILES string of the molecule is c1ccc(-c2cc(-c3cccc(-c4cc5c6cc(-c7ccccc7-c7ccccc7)ccc6oc5c5ccccc45)c3)nc(-c3ccccc3)n2)cc1. The largest absolute Gasteiger partial charge is 0.455 e. The first kappa shape index (κ1) is 30.7. The van der Waals surface area contributed by atoms with Crippen LogP contribution in [0.3, 0.4) is 0 Å². The molecule has 2 aromatic heterocycles. The average Bonchev–Trinajstić information content (AvgIpc) is 3.62. The van der Waals surface area contributed by atoms with Crippen LogP contribution in [-0.4, -0.2) is 9.97 Å². The summed E-state index contributed by atoms with van der Waals surface area (Å²) >= 11 is 0. The van der Waals surface area contributed by atoms with Crippen LogP contribution in [-0.2, 0) is 0 Å². The molecule has 0 unspecified atom stereocenters. The summed E-state index contributed by atoms with van der Waals surface area (Å²) < 4.78 is 6.65. The molecule has 0 atom stereocenters. The Morgan fingerprint density at radius 2 is 0.849 bits per heavy atom. The third kappa shape index (κ3) is 5.56. The highest BCUT2D eigenvalue weighted by atomic mass is 16.3. The zero-order chi connectivity index (χ0) is 35.1. The zero-order valence-electron chi connectivity index (χ0n) is 28.8. The van der Waals surface area contributed by atoms with Gasteiger partial charge in [0.25, 0.3) is 0 Å². The highest BCUT2D eigenvalue weighted by molar-refractivity contribution is 6.19. The van der Waals surface area contributed by atoms with Gasteiger partial charge in [0.05, 0.1) is 11.4 Å². The molecule has 3 nitrogen and oxygen atoms in total.